The van der Waals surface area contributed by atoms with E-state index in [0.29, 0.717) is 0 Å². The van der Waals surface area contributed by atoms with Crippen molar-refractivity contribution in [1.29, 1.82) is 0 Å². The van der Waals surface area contributed by atoms with Crippen molar-refractivity contribution in [1.82, 2.24) is 15.3 Å². The van der Waals surface area contributed by atoms with Crippen molar-refractivity contribution in [2.24, 2.45) is 0 Å². The normalized spacial score (nSPS) is 12.2. The van der Waals surface area contributed by atoms with E-state index in [9.17, 15) is 0 Å². The molecule has 0 bridgehead atoms. The number of benzene rings is 1. The Kier molecular flexibility index (Phi) is 4.69. The summed E-state index contributed by atoms with van der Waals surface area (Å²) in [6.07, 6.45) is 5.23. The fourth-order valence-electron chi connectivity index (χ4n) is 2.38. The molecule has 0 amide bonds. The summed E-state index contributed by atoms with van der Waals surface area (Å²) in [5, 5.41) is 3.48. The molecule has 1 aromatic carbocycles. The standard InChI is InChI=1S/C16H21N3O/c1-5-18-16(14-10-17-6-7-19-14)13-8-12(3)15(20-4)9-11(13)2/h6-10,16,18H,5H2,1-4H3. The van der Waals surface area contributed by atoms with Gasteiger partial charge in [0.2, 0.25) is 0 Å². The third-order valence-electron chi connectivity index (χ3n) is 3.38. The lowest BCUT2D eigenvalue weighted by Gasteiger charge is -2.21. The van der Waals surface area contributed by atoms with Gasteiger partial charge in [-0.3, -0.25) is 9.97 Å². The molecule has 0 aliphatic heterocycles. The van der Waals surface area contributed by atoms with Crippen LogP contribution in [0.25, 0.3) is 0 Å². The van der Waals surface area contributed by atoms with E-state index in [0.717, 1.165) is 23.6 Å². The molecule has 0 radical (unpaired) electrons. The maximum absolute atomic E-state index is 5.38. The predicted molar refractivity (Wildman–Crippen MR) is 80.0 cm³/mol. The van der Waals surface area contributed by atoms with Gasteiger partial charge in [0.05, 0.1) is 25.0 Å². The Hall–Kier alpha value is -1.94. The molecule has 0 fully saturated rings. The van der Waals surface area contributed by atoms with Crippen molar-refractivity contribution in [2.45, 2.75) is 26.8 Å². The summed E-state index contributed by atoms with van der Waals surface area (Å²) in [7, 11) is 1.70. The Balaban J connectivity index is 2.47. The summed E-state index contributed by atoms with van der Waals surface area (Å²) >= 11 is 0. The zero-order valence-corrected chi connectivity index (χ0v) is 12.5. The summed E-state index contributed by atoms with van der Waals surface area (Å²) in [5.41, 5.74) is 4.46. The first-order valence-electron chi connectivity index (χ1n) is 6.81. The van der Waals surface area contributed by atoms with Crippen LogP contribution in [-0.2, 0) is 0 Å². The van der Waals surface area contributed by atoms with E-state index >= 15 is 0 Å². The highest BCUT2D eigenvalue weighted by atomic mass is 16.5. The predicted octanol–water partition coefficient (Wildman–Crippen LogP) is 2.80. The molecule has 106 valence electrons. The molecule has 0 aliphatic carbocycles. The Morgan fingerprint density at radius 1 is 1.20 bits per heavy atom. The Bertz CT molecular complexity index is 569. The number of nitrogens with zero attached hydrogens (tertiary/aromatic N) is 2. The molecule has 0 aliphatic rings. The van der Waals surface area contributed by atoms with E-state index in [1.165, 1.54) is 11.1 Å². The van der Waals surface area contributed by atoms with E-state index in [4.69, 9.17) is 4.74 Å². The molecule has 0 saturated carbocycles. The number of ether oxygens (including phenoxy) is 1. The first-order valence-corrected chi connectivity index (χ1v) is 6.81. The summed E-state index contributed by atoms with van der Waals surface area (Å²) in [6.45, 7) is 7.11. The van der Waals surface area contributed by atoms with Crippen molar-refractivity contribution in [3.05, 3.63) is 53.1 Å². The molecule has 1 atom stereocenters. The van der Waals surface area contributed by atoms with Crippen LogP contribution >= 0.6 is 0 Å². The van der Waals surface area contributed by atoms with Crippen molar-refractivity contribution >= 4 is 0 Å². The quantitative estimate of drug-likeness (QED) is 0.908. The number of nitrogens with one attached hydrogen (secondary N) is 1. The first kappa shape index (κ1) is 14.5. The Morgan fingerprint density at radius 3 is 2.60 bits per heavy atom. The summed E-state index contributed by atoms with van der Waals surface area (Å²) in [5.74, 6) is 0.917. The van der Waals surface area contributed by atoms with Gasteiger partial charge in [0.15, 0.2) is 0 Å². The third-order valence-corrected chi connectivity index (χ3v) is 3.38. The van der Waals surface area contributed by atoms with Crippen LogP contribution in [0.3, 0.4) is 0 Å². The fraction of sp³-hybridized carbons (Fsp3) is 0.375. The van der Waals surface area contributed by atoms with Gasteiger partial charge >= 0.3 is 0 Å². The van der Waals surface area contributed by atoms with Crippen molar-refractivity contribution in [2.75, 3.05) is 13.7 Å². The second kappa shape index (κ2) is 6.48. The van der Waals surface area contributed by atoms with Crippen LogP contribution in [0.1, 0.15) is 35.3 Å². The SMILES string of the molecule is CCNC(c1cnccn1)c1cc(C)c(OC)cc1C. The largest absolute Gasteiger partial charge is 0.496 e. The highest BCUT2D eigenvalue weighted by Crippen LogP contribution is 2.29. The molecule has 0 spiro atoms. The number of rotatable bonds is 5. The van der Waals surface area contributed by atoms with E-state index in [1.807, 2.05) is 6.20 Å². The van der Waals surface area contributed by atoms with Crippen LogP contribution in [0, 0.1) is 13.8 Å². The number of hydrogen-bond acceptors (Lipinski definition) is 4. The molecule has 2 aromatic rings. The van der Waals surface area contributed by atoms with Gasteiger partial charge in [-0.1, -0.05) is 13.0 Å². The molecule has 1 aromatic heterocycles. The van der Waals surface area contributed by atoms with Gasteiger partial charge < -0.3 is 10.1 Å². The lowest BCUT2D eigenvalue weighted by Crippen LogP contribution is -2.24. The van der Waals surface area contributed by atoms with Gasteiger partial charge in [-0.05, 0) is 43.1 Å². The molecule has 1 unspecified atom stereocenters. The first-order chi connectivity index (χ1) is 9.67. The number of aromatic nitrogens is 2. The summed E-state index contributed by atoms with van der Waals surface area (Å²) in [6, 6.07) is 4.29. The maximum Gasteiger partial charge on any atom is 0.122 e. The monoisotopic (exact) mass is 271 g/mol. The average Bonchev–Trinajstić information content (AvgIpc) is 2.48. The average molecular weight is 271 g/mol. The van der Waals surface area contributed by atoms with E-state index in [-0.39, 0.29) is 6.04 Å². The lowest BCUT2D eigenvalue weighted by atomic mass is 9.96. The smallest absolute Gasteiger partial charge is 0.122 e. The second-order valence-electron chi connectivity index (χ2n) is 4.80. The molecule has 0 saturated heterocycles. The maximum atomic E-state index is 5.38. The lowest BCUT2D eigenvalue weighted by molar-refractivity contribution is 0.411. The minimum atomic E-state index is 0.0540. The molecule has 20 heavy (non-hydrogen) atoms. The summed E-state index contributed by atoms with van der Waals surface area (Å²) < 4.78 is 5.38. The van der Waals surface area contributed by atoms with Crippen LogP contribution in [0.4, 0.5) is 0 Å². The van der Waals surface area contributed by atoms with Crippen molar-refractivity contribution in [3.8, 4) is 5.75 Å². The van der Waals surface area contributed by atoms with Gasteiger partial charge in [-0.15, -0.1) is 0 Å². The molecule has 2 rings (SSSR count). The number of aryl methyl sites for hydroxylation is 2. The molecular formula is C16H21N3O. The van der Waals surface area contributed by atoms with Gasteiger partial charge in [0, 0.05) is 12.4 Å². The van der Waals surface area contributed by atoms with Crippen LogP contribution in [0.2, 0.25) is 0 Å². The number of hydrogen-bond donors (Lipinski definition) is 1. The van der Waals surface area contributed by atoms with Crippen molar-refractivity contribution in [3.63, 3.8) is 0 Å². The Morgan fingerprint density at radius 2 is 2.00 bits per heavy atom. The van der Waals surface area contributed by atoms with Crippen LogP contribution in [-0.4, -0.2) is 23.6 Å². The second-order valence-corrected chi connectivity index (χ2v) is 4.80. The molecule has 1 heterocycles. The van der Waals surface area contributed by atoms with Gasteiger partial charge in [-0.2, -0.15) is 0 Å². The van der Waals surface area contributed by atoms with Crippen LogP contribution in [0.5, 0.6) is 5.75 Å². The highest BCUT2D eigenvalue weighted by Gasteiger charge is 2.18. The van der Waals surface area contributed by atoms with E-state index < -0.39 is 0 Å². The van der Waals surface area contributed by atoms with Gasteiger partial charge in [0.1, 0.15) is 5.75 Å². The van der Waals surface area contributed by atoms with Crippen LogP contribution in [0.15, 0.2) is 30.7 Å². The minimum absolute atomic E-state index is 0.0540. The van der Waals surface area contributed by atoms with Crippen molar-refractivity contribution < 1.29 is 4.74 Å². The van der Waals surface area contributed by atoms with E-state index in [2.05, 4.69) is 48.2 Å². The summed E-state index contributed by atoms with van der Waals surface area (Å²) in [4.78, 5) is 8.60. The molecule has 4 heteroatoms. The van der Waals surface area contributed by atoms with Crippen LogP contribution < -0.4 is 10.1 Å². The topological polar surface area (TPSA) is 47.0 Å². The zero-order chi connectivity index (χ0) is 14.5. The zero-order valence-electron chi connectivity index (χ0n) is 12.5. The minimum Gasteiger partial charge on any atom is -0.496 e. The Labute approximate surface area is 120 Å². The molecular weight excluding hydrogens is 250 g/mol. The number of methoxy groups -OCH3 is 1. The van der Waals surface area contributed by atoms with Gasteiger partial charge in [-0.25, -0.2) is 0 Å². The highest BCUT2D eigenvalue weighted by molar-refractivity contribution is 5.44. The van der Waals surface area contributed by atoms with Gasteiger partial charge in [0.25, 0.3) is 0 Å². The third kappa shape index (κ3) is 2.96. The molecule has 1 N–H and O–H groups in total. The fourth-order valence-corrected chi connectivity index (χ4v) is 2.38. The van der Waals surface area contributed by atoms with E-state index in [1.54, 1.807) is 19.5 Å². The molecule has 4 nitrogen and oxygen atoms in total.